The monoisotopic (exact) mass is 173 g/mol. The van der Waals surface area contributed by atoms with Crippen LogP contribution >= 0.6 is 0 Å². The van der Waals surface area contributed by atoms with Crippen molar-refractivity contribution >= 4 is 12.0 Å². The Balaban J connectivity index is 0. The Morgan fingerprint density at radius 3 is 2.50 bits per heavy atom. The third-order valence-corrected chi connectivity index (χ3v) is 0.720. The van der Waals surface area contributed by atoms with Gasteiger partial charge in [-0.25, -0.2) is 10.6 Å². The minimum Gasteiger partial charge on any atom is -0.450 e. The summed E-state index contributed by atoms with van der Waals surface area (Å²) in [4.78, 5) is 8.56. The molecule has 7 heteroatoms. The van der Waals surface area contributed by atoms with E-state index in [0.29, 0.717) is 5.82 Å². The molecule has 0 amide bonds. The van der Waals surface area contributed by atoms with E-state index >= 15 is 0 Å². The van der Waals surface area contributed by atoms with Crippen LogP contribution in [0.2, 0.25) is 0 Å². The van der Waals surface area contributed by atoms with Gasteiger partial charge in [0.1, 0.15) is 0 Å². The molecule has 0 aliphatic heterocycles. The first-order valence-electron chi connectivity index (χ1n) is 2.83. The topological polar surface area (TPSA) is 121 Å². The van der Waals surface area contributed by atoms with Crippen LogP contribution in [0.5, 0.6) is 0 Å². The van der Waals surface area contributed by atoms with Crippen molar-refractivity contribution in [3.05, 3.63) is 18.3 Å². The first kappa shape index (κ1) is 10.1. The Morgan fingerprint density at radius 2 is 2.25 bits per heavy atom. The number of nitrogens with two attached hydrogens (primary N) is 1. The molecule has 1 rings (SSSR count). The number of carbonyl (C=O) groups is 1. The summed E-state index contributed by atoms with van der Waals surface area (Å²) in [6.07, 6.45) is -0.249. The predicted molar refractivity (Wildman–Crippen MR) is 41.6 cm³/mol. The lowest BCUT2D eigenvalue weighted by Crippen LogP contribution is -2.08. The highest BCUT2D eigenvalue weighted by Crippen LogP contribution is 1.91. The van der Waals surface area contributed by atoms with Crippen LogP contribution in [0.15, 0.2) is 18.3 Å². The van der Waals surface area contributed by atoms with E-state index in [1.807, 2.05) is 0 Å². The van der Waals surface area contributed by atoms with E-state index in [0.717, 1.165) is 0 Å². The molecule has 5 N–H and O–H groups in total. The van der Waals surface area contributed by atoms with Gasteiger partial charge in [-0.05, 0) is 12.1 Å². The SMILES string of the molecule is NNc1cccnn1.O=C(O)O.[H+]. The van der Waals surface area contributed by atoms with Crippen LogP contribution in [0.1, 0.15) is 1.43 Å². The molecule has 66 valence electrons. The van der Waals surface area contributed by atoms with Crippen molar-refractivity contribution in [2.75, 3.05) is 5.43 Å². The maximum Gasteiger partial charge on any atom is 1.00 e. The van der Waals surface area contributed by atoms with Crippen molar-refractivity contribution in [1.82, 2.24) is 10.2 Å². The third-order valence-electron chi connectivity index (χ3n) is 0.720. The Kier molecular flexibility index (Phi) is 4.94. The first-order valence-corrected chi connectivity index (χ1v) is 2.83. The molecule has 0 aliphatic rings. The fourth-order valence-corrected chi connectivity index (χ4v) is 0.379. The number of anilines is 1. The fourth-order valence-electron chi connectivity index (χ4n) is 0.379. The number of aromatic nitrogens is 2. The molecule has 1 heterocycles. The summed E-state index contributed by atoms with van der Waals surface area (Å²) < 4.78 is 0. The van der Waals surface area contributed by atoms with E-state index in [1.165, 1.54) is 0 Å². The van der Waals surface area contributed by atoms with Crippen molar-refractivity contribution in [1.29, 1.82) is 0 Å². The molecule has 0 atom stereocenters. The van der Waals surface area contributed by atoms with Crippen LogP contribution in [0.4, 0.5) is 10.6 Å². The lowest BCUT2D eigenvalue weighted by molar-refractivity contribution is 0.137. The predicted octanol–water partition coefficient (Wildman–Crippen LogP) is 0.0971. The van der Waals surface area contributed by atoms with Gasteiger partial charge in [0, 0.05) is 6.20 Å². The number of rotatable bonds is 1. The number of hydrazine groups is 1. The molecular weight excluding hydrogens is 164 g/mol. The molecule has 1 aromatic heterocycles. The second-order valence-corrected chi connectivity index (χ2v) is 1.54. The van der Waals surface area contributed by atoms with Crippen LogP contribution in [-0.2, 0) is 0 Å². The smallest absolute Gasteiger partial charge is 0.450 e. The molecule has 0 unspecified atom stereocenters. The zero-order valence-electron chi connectivity index (χ0n) is 7.01. The lowest BCUT2D eigenvalue weighted by atomic mass is 10.5. The third kappa shape index (κ3) is 6.23. The van der Waals surface area contributed by atoms with E-state index in [-0.39, 0.29) is 1.43 Å². The molecule has 12 heavy (non-hydrogen) atoms. The van der Waals surface area contributed by atoms with Gasteiger partial charge >= 0.3 is 7.58 Å². The van der Waals surface area contributed by atoms with Gasteiger partial charge in [0.2, 0.25) is 0 Å². The van der Waals surface area contributed by atoms with E-state index in [2.05, 4.69) is 15.6 Å². The summed E-state index contributed by atoms with van der Waals surface area (Å²) >= 11 is 0. The van der Waals surface area contributed by atoms with Crippen LogP contribution < -0.4 is 11.3 Å². The molecule has 0 saturated heterocycles. The zero-order valence-corrected chi connectivity index (χ0v) is 6.01. The van der Waals surface area contributed by atoms with Gasteiger partial charge in [0.25, 0.3) is 0 Å². The molecule has 0 saturated carbocycles. The highest BCUT2D eigenvalue weighted by molar-refractivity contribution is 5.53. The molecule has 0 spiro atoms. The Labute approximate surface area is 69.3 Å². The second kappa shape index (κ2) is 5.86. The summed E-state index contributed by atoms with van der Waals surface area (Å²) in [5.74, 6) is 5.57. The quantitative estimate of drug-likeness (QED) is 0.351. The zero-order chi connectivity index (χ0) is 9.40. The van der Waals surface area contributed by atoms with Gasteiger partial charge in [-0.1, -0.05) is 0 Å². The number of nitrogen functional groups attached to an aromatic ring is 1. The van der Waals surface area contributed by atoms with Gasteiger partial charge in [0.05, 0.1) is 0 Å². The standard InChI is InChI=1S/C4H6N4.CH2O3/c5-7-4-2-1-3-6-8-4;2-1(3)4/h1-3H,5H2,(H,7,8);(H2,2,3,4)/p+1. The lowest BCUT2D eigenvalue weighted by Gasteiger charge is -1.91. The van der Waals surface area contributed by atoms with E-state index in [1.54, 1.807) is 18.3 Å². The second-order valence-electron chi connectivity index (χ2n) is 1.54. The Hall–Kier alpha value is -1.89. The molecule has 0 bridgehead atoms. The minimum atomic E-state index is -1.83. The average molecular weight is 173 g/mol. The van der Waals surface area contributed by atoms with Crippen LogP contribution in [0, 0.1) is 0 Å². The van der Waals surface area contributed by atoms with E-state index < -0.39 is 6.16 Å². The number of hydrogen-bond donors (Lipinski definition) is 4. The van der Waals surface area contributed by atoms with Crippen molar-refractivity contribution in [2.24, 2.45) is 5.84 Å². The van der Waals surface area contributed by atoms with Crippen LogP contribution in [0.3, 0.4) is 0 Å². The normalized spacial score (nSPS) is 7.75. The highest BCUT2D eigenvalue weighted by atomic mass is 16.6. The number of nitrogens with zero attached hydrogens (tertiary/aromatic N) is 2. The van der Waals surface area contributed by atoms with Gasteiger partial charge in [0.15, 0.2) is 5.82 Å². The molecule has 0 fully saturated rings. The fraction of sp³-hybridized carbons (Fsp3) is 0. The summed E-state index contributed by atoms with van der Waals surface area (Å²) in [5, 5.41) is 21.1. The summed E-state index contributed by atoms with van der Waals surface area (Å²) in [6.45, 7) is 0. The van der Waals surface area contributed by atoms with Gasteiger partial charge in [-0.3, -0.25) is 0 Å². The van der Waals surface area contributed by atoms with Crippen LogP contribution in [0.25, 0.3) is 0 Å². The van der Waals surface area contributed by atoms with Crippen molar-refractivity contribution in [3.8, 4) is 0 Å². The molecule has 7 nitrogen and oxygen atoms in total. The summed E-state index contributed by atoms with van der Waals surface area (Å²) in [6, 6.07) is 3.48. The van der Waals surface area contributed by atoms with Crippen molar-refractivity contribution in [3.63, 3.8) is 0 Å². The number of nitrogens with one attached hydrogen (secondary N) is 1. The van der Waals surface area contributed by atoms with Crippen molar-refractivity contribution in [2.45, 2.75) is 0 Å². The largest absolute Gasteiger partial charge is 1.00 e. The van der Waals surface area contributed by atoms with E-state index in [4.69, 9.17) is 20.9 Å². The van der Waals surface area contributed by atoms with Gasteiger partial charge in [-0.2, -0.15) is 5.10 Å². The molecule has 0 aromatic carbocycles. The maximum absolute atomic E-state index is 8.56. The van der Waals surface area contributed by atoms with Crippen LogP contribution in [-0.4, -0.2) is 26.6 Å². The first-order chi connectivity index (χ1) is 5.66. The molecule has 0 radical (unpaired) electrons. The number of hydrogen-bond acceptors (Lipinski definition) is 5. The highest BCUT2D eigenvalue weighted by Gasteiger charge is 1.81. The molecule has 1 aromatic rings. The van der Waals surface area contributed by atoms with Crippen molar-refractivity contribution < 1.29 is 16.4 Å². The van der Waals surface area contributed by atoms with Gasteiger partial charge in [-0.15, -0.1) is 5.10 Å². The maximum atomic E-state index is 8.56. The average Bonchev–Trinajstić information content (AvgIpc) is 2.05. The van der Waals surface area contributed by atoms with E-state index in [9.17, 15) is 0 Å². The minimum absolute atomic E-state index is 0. The Morgan fingerprint density at radius 1 is 1.67 bits per heavy atom. The summed E-state index contributed by atoms with van der Waals surface area (Å²) in [5.41, 5.74) is 2.35. The molecular formula is C5H9N4O3+. The Bertz CT molecular complexity index is 228. The van der Waals surface area contributed by atoms with Gasteiger partial charge < -0.3 is 15.6 Å². The number of carboxylic acid groups (broad SMARTS) is 2. The molecule has 0 aliphatic carbocycles. The summed E-state index contributed by atoms with van der Waals surface area (Å²) in [7, 11) is 0.